The Morgan fingerprint density at radius 1 is 0.935 bits per heavy atom. The number of thiophene rings is 1. The van der Waals surface area contributed by atoms with Crippen LogP contribution in [-0.4, -0.2) is 26.9 Å². The van der Waals surface area contributed by atoms with Crippen molar-refractivity contribution in [1.29, 1.82) is 0 Å². The molecule has 0 fully saturated rings. The number of ketones is 1. The maximum absolute atomic E-state index is 13.3. The maximum atomic E-state index is 13.3. The molecule has 162 valence electrons. The van der Waals surface area contributed by atoms with Crippen molar-refractivity contribution in [2.75, 3.05) is 7.11 Å². The minimum atomic E-state index is -1.39. The van der Waals surface area contributed by atoms with Gasteiger partial charge in [-0.15, -0.1) is 0 Å². The Morgan fingerprint density at radius 3 is 2.16 bits per heavy atom. The molecule has 0 bridgehead atoms. The van der Waals surface area contributed by atoms with Crippen molar-refractivity contribution in [2.24, 2.45) is 0 Å². The van der Waals surface area contributed by atoms with Crippen LogP contribution in [0, 0.1) is 0 Å². The highest BCUT2D eigenvalue weighted by atomic mass is 32.1. The molecule has 1 amide bonds. The summed E-state index contributed by atoms with van der Waals surface area (Å²) in [4.78, 5) is 25.9. The number of rotatable bonds is 9. The summed E-state index contributed by atoms with van der Waals surface area (Å²) < 4.78 is 5.23. The molecular formula is C25H29NO3SSi. The predicted molar refractivity (Wildman–Crippen MR) is 130 cm³/mol. The third-order valence-electron chi connectivity index (χ3n) is 5.22. The Balaban J connectivity index is 1.78. The Hall–Kier alpha value is -2.70. The second kappa shape index (κ2) is 10.1. The van der Waals surface area contributed by atoms with Gasteiger partial charge in [0.15, 0.2) is 5.78 Å². The van der Waals surface area contributed by atoms with E-state index in [1.54, 1.807) is 18.4 Å². The molecule has 3 aromatic rings. The number of benzene rings is 2. The SMILES string of the molecule is COc1ccc(C(NC(=O)Cc2ccsc2)C(=O)Cc2ccc([Si](C)(C)C)cc2)cc1. The van der Waals surface area contributed by atoms with E-state index in [2.05, 4.69) is 37.1 Å². The highest BCUT2D eigenvalue weighted by Gasteiger charge is 2.24. The van der Waals surface area contributed by atoms with E-state index in [1.165, 1.54) is 5.19 Å². The minimum absolute atomic E-state index is 0.0374. The van der Waals surface area contributed by atoms with Crippen LogP contribution in [0.1, 0.15) is 22.7 Å². The minimum Gasteiger partial charge on any atom is -0.497 e. The van der Waals surface area contributed by atoms with E-state index in [4.69, 9.17) is 4.74 Å². The number of amides is 1. The molecule has 0 aliphatic rings. The number of hydrogen-bond acceptors (Lipinski definition) is 4. The van der Waals surface area contributed by atoms with Gasteiger partial charge in [0.1, 0.15) is 11.8 Å². The van der Waals surface area contributed by atoms with Crippen LogP contribution in [0.5, 0.6) is 5.75 Å². The third-order valence-corrected chi connectivity index (χ3v) is 8.02. The lowest BCUT2D eigenvalue weighted by atomic mass is 9.97. The Labute approximate surface area is 189 Å². The van der Waals surface area contributed by atoms with Gasteiger partial charge in [-0.05, 0) is 45.6 Å². The molecule has 1 atom stereocenters. The average Bonchev–Trinajstić information content (AvgIpc) is 3.25. The maximum Gasteiger partial charge on any atom is 0.225 e. The summed E-state index contributed by atoms with van der Waals surface area (Å²) in [7, 11) is 0.216. The number of Topliss-reactive ketones (excluding diaryl/α,β-unsaturated/α-hetero) is 1. The molecule has 0 saturated carbocycles. The van der Waals surface area contributed by atoms with Gasteiger partial charge in [0.05, 0.1) is 21.6 Å². The van der Waals surface area contributed by atoms with Crippen LogP contribution in [0.25, 0.3) is 0 Å². The highest BCUT2D eigenvalue weighted by molar-refractivity contribution is 7.08. The van der Waals surface area contributed by atoms with Gasteiger partial charge in [0.2, 0.25) is 5.91 Å². The molecule has 31 heavy (non-hydrogen) atoms. The molecule has 0 saturated heterocycles. The number of hydrogen-bond donors (Lipinski definition) is 1. The zero-order chi connectivity index (χ0) is 22.4. The lowest BCUT2D eigenvalue weighted by Gasteiger charge is -2.20. The summed E-state index contributed by atoms with van der Waals surface area (Å²) in [5.41, 5.74) is 2.66. The standard InChI is InChI=1S/C25H29NO3SSi/c1-29-21-9-7-20(8-10-21)25(26-24(28)16-19-13-14-30-17-19)23(27)15-18-5-11-22(12-6-18)31(2,3)4/h5-14,17,25H,15-16H2,1-4H3,(H,26,28). The molecule has 0 radical (unpaired) electrons. The van der Waals surface area contributed by atoms with Crippen molar-refractivity contribution in [3.63, 3.8) is 0 Å². The van der Waals surface area contributed by atoms with Crippen LogP contribution in [0.15, 0.2) is 65.4 Å². The van der Waals surface area contributed by atoms with Crippen LogP contribution in [0.2, 0.25) is 19.6 Å². The second-order valence-electron chi connectivity index (χ2n) is 8.67. The van der Waals surface area contributed by atoms with Crippen molar-refractivity contribution in [1.82, 2.24) is 5.32 Å². The lowest BCUT2D eigenvalue weighted by molar-refractivity contribution is -0.127. The Kier molecular flexibility index (Phi) is 7.46. The summed E-state index contributed by atoms with van der Waals surface area (Å²) in [6.07, 6.45) is 0.524. The van der Waals surface area contributed by atoms with E-state index < -0.39 is 14.1 Å². The van der Waals surface area contributed by atoms with E-state index in [9.17, 15) is 9.59 Å². The van der Waals surface area contributed by atoms with Gasteiger partial charge in [-0.3, -0.25) is 9.59 Å². The van der Waals surface area contributed by atoms with Crippen molar-refractivity contribution in [2.45, 2.75) is 38.5 Å². The Morgan fingerprint density at radius 2 is 1.61 bits per heavy atom. The first-order valence-electron chi connectivity index (χ1n) is 10.3. The molecule has 1 unspecified atom stereocenters. The van der Waals surface area contributed by atoms with Crippen LogP contribution in [-0.2, 0) is 22.4 Å². The summed E-state index contributed by atoms with van der Waals surface area (Å²) >= 11 is 1.55. The molecule has 0 aliphatic heterocycles. The van der Waals surface area contributed by atoms with Gasteiger partial charge >= 0.3 is 0 Å². The van der Waals surface area contributed by atoms with Crippen molar-refractivity contribution >= 4 is 36.3 Å². The normalized spacial score (nSPS) is 12.3. The number of ether oxygens (including phenoxy) is 1. The summed E-state index contributed by atoms with van der Waals surface area (Å²) in [6.45, 7) is 6.90. The first-order valence-corrected chi connectivity index (χ1v) is 14.8. The first-order chi connectivity index (χ1) is 14.8. The highest BCUT2D eigenvalue weighted by Crippen LogP contribution is 2.21. The van der Waals surface area contributed by atoms with Gasteiger partial charge in [-0.2, -0.15) is 11.3 Å². The van der Waals surface area contributed by atoms with Gasteiger partial charge in [-0.25, -0.2) is 0 Å². The van der Waals surface area contributed by atoms with Crippen molar-refractivity contribution < 1.29 is 14.3 Å². The molecule has 3 rings (SSSR count). The summed E-state index contributed by atoms with van der Waals surface area (Å²) in [5.74, 6) is 0.507. The van der Waals surface area contributed by atoms with E-state index in [-0.39, 0.29) is 24.5 Å². The Bertz CT molecular complexity index is 1010. The van der Waals surface area contributed by atoms with Crippen LogP contribution < -0.4 is 15.2 Å². The largest absolute Gasteiger partial charge is 0.497 e. The number of carbonyl (C=O) groups excluding carboxylic acids is 2. The number of nitrogens with one attached hydrogen (secondary N) is 1. The quantitative estimate of drug-likeness (QED) is 0.487. The van der Waals surface area contributed by atoms with Crippen molar-refractivity contribution in [3.05, 3.63) is 82.0 Å². The van der Waals surface area contributed by atoms with Crippen LogP contribution in [0.3, 0.4) is 0 Å². The summed E-state index contributed by atoms with van der Waals surface area (Å²) in [6, 6.07) is 16.8. The monoisotopic (exact) mass is 451 g/mol. The fourth-order valence-electron chi connectivity index (χ4n) is 3.36. The van der Waals surface area contributed by atoms with Gasteiger partial charge in [0, 0.05) is 6.42 Å². The van der Waals surface area contributed by atoms with Crippen LogP contribution >= 0.6 is 11.3 Å². The zero-order valence-electron chi connectivity index (χ0n) is 18.5. The molecule has 6 heteroatoms. The van der Waals surface area contributed by atoms with E-state index in [0.717, 1.165) is 16.7 Å². The lowest BCUT2D eigenvalue weighted by Crippen LogP contribution is -2.37. The first kappa shape index (κ1) is 23.0. The van der Waals surface area contributed by atoms with E-state index in [0.29, 0.717) is 5.75 Å². The summed E-state index contributed by atoms with van der Waals surface area (Å²) in [5, 5.41) is 8.20. The van der Waals surface area contributed by atoms with E-state index in [1.807, 2.05) is 53.2 Å². The van der Waals surface area contributed by atoms with E-state index >= 15 is 0 Å². The second-order valence-corrected chi connectivity index (χ2v) is 14.5. The third kappa shape index (κ3) is 6.39. The predicted octanol–water partition coefficient (Wildman–Crippen LogP) is 4.51. The van der Waals surface area contributed by atoms with Crippen LogP contribution in [0.4, 0.5) is 0 Å². The molecule has 1 heterocycles. The fraction of sp³-hybridized carbons (Fsp3) is 0.280. The van der Waals surface area contributed by atoms with Gasteiger partial charge in [0.25, 0.3) is 0 Å². The van der Waals surface area contributed by atoms with Crippen molar-refractivity contribution in [3.8, 4) is 5.75 Å². The number of methoxy groups -OCH3 is 1. The average molecular weight is 452 g/mol. The van der Waals surface area contributed by atoms with Gasteiger partial charge in [-0.1, -0.05) is 61.2 Å². The zero-order valence-corrected chi connectivity index (χ0v) is 20.3. The molecule has 1 N–H and O–H groups in total. The number of carbonyl (C=O) groups is 2. The molecule has 0 aliphatic carbocycles. The molecule has 1 aromatic heterocycles. The smallest absolute Gasteiger partial charge is 0.225 e. The fourth-order valence-corrected chi connectivity index (χ4v) is 5.20. The topological polar surface area (TPSA) is 55.4 Å². The van der Waals surface area contributed by atoms with Gasteiger partial charge < -0.3 is 10.1 Å². The molecule has 2 aromatic carbocycles. The molecule has 0 spiro atoms. The molecular weight excluding hydrogens is 422 g/mol. The molecule has 4 nitrogen and oxygen atoms in total.